The smallest absolute Gasteiger partial charge is 0.138 e. The highest BCUT2D eigenvalue weighted by atomic mass is 16.3. The van der Waals surface area contributed by atoms with Crippen LogP contribution in [0.25, 0.3) is 76.5 Å². The molecule has 50 heavy (non-hydrogen) atoms. The van der Waals surface area contributed by atoms with Crippen molar-refractivity contribution in [1.82, 2.24) is 0 Å². The zero-order valence-electron chi connectivity index (χ0n) is 27.3. The van der Waals surface area contributed by atoms with Gasteiger partial charge in [-0.05, 0) is 97.0 Å². The van der Waals surface area contributed by atoms with Gasteiger partial charge in [0.1, 0.15) is 11.2 Å². The Bertz CT molecular complexity index is 2870. The molecule has 9 aromatic carbocycles. The van der Waals surface area contributed by atoms with E-state index in [1.807, 2.05) is 6.07 Å². The van der Waals surface area contributed by atoms with E-state index in [-0.39, 0.29) is 0 Å². The van der Waals surface area contributed by atoms with Crippen LogP contribution in [0.4, 0.5) is 17.1 Å². The van der Waals surface area contributed by atoms with Gasteiger partial charge in [-0.3, -0.25) is 0 Å². The molecular formula is C48H31NO. The minimum Gasteiger partial charge on any atom is -0.456 e. The normalized spacial score (nSPS) is 11.6. The molecule has 0 aliphatic carbocycles. The van der Waals surface area contributed by atoms with Crippen molar-refractivity contribution in [3.8, 4) is 22.3 Å². The fourth-order valence-electron chi connectivity index (χ4n) is 7.56. The lowest BCUT2D eigenvalue weighted by atomic mass is 9.97. The number of rotatable bonds is 5. The first kappa shape index (κ1) is 28.4. The minimum absolute atomic E-state index is 0.867. The van der Waals surface area contributed by atoms with Gasteiger partial charge in [0.2, 0.25) is 0 Å². The molecule has 0 saturated heterocycles. The Morgan fingerprint density at radius 1 is 0.320 bits per heavy atom. The molecule has 0 atom stereocenters. The molecule has 0 unspecified atom stereocenters. The minimum atomic E-state index is 0.867. The second kappa shape index (κ2) is 11.5. The van der Waals surface area contributed by atoms with E-state index in [4.69, 9.17) is 4.42 Å². The Balaban J connectivity index is 1.20. The first-order valence-corrected chi connectivity index (χ1v) is 17.1. The largest absolute Gasteiger partial charge is 0.456 e. The van der Waals surface area contributed by atoms with Crippen molar-refractivity contribution in [2.24, 2.45) is 0 Å². The summed E-state index contributed by atoms with van der Waals surface area (Å²) in [5.74, 6) is 0. The summed E-state index contributed by atoms with van der Waals surface area (Å²) in [6.45, 7) is 0. The van der Waals surface area contributed by atoms with Crippen LogP contribution in [-0.2, 0) is 0 Å². The number of nitrogens with zero attached hydrogens (tertiary/aromatic N) is 1. The third-order valence-corrected chi connectivity index (χ3v) is 10.0. The molecule has 0 aliphatic heterocycles. The number of hydrogen-bond acceptors (Lipinski definition) is 2. The summed E-state index contributed by atoms with van der Waals surface area (Å²) in [4.78, 5) is 2.37. The molecule has 0 saturated carbocycles. The zero-order valence-corrected chi connectivity index (χ0v) is 27.3. The van der Waals surface area contributed by atoms with E-state index in [0.717, 1.165) is 50.1 Å². The molecule has 0 bridgehead atoms. The van der Waals surface area contributed by atoms with Crippen LogP contribution in [-0.4, -0.2) is 0 Å². The Kier molecular flexibility index (Phi) is 6.53. The maximum atomic E-state index is 6.59. The standard InChI is InChI=1S/C48H31NO/c1-2-11-34(12-3-1)45-30-41(31-47-48(45)43-16-8-9-17-46(43)50-47)49(40-27-24-36-20-19-35-13-6-7-15-42(35)44(36)29-40)39-25-22-33(23-26-39)38-21-18-32-10-4-5-14-37(32)28-38/h1-31H. The van der Waals surface area contributed by atoms with E-state index in [0.29, 0.717) is 0 Å². The van der Waals surface area contributed by atoms with Crippen LogP contribution in [0.1, 0.15) is 0 Å². The molecule has 0 aliphatic rings. The van der Waals surface area contributed by atoms with Crippen LogP contribution >= 0.6 is 0 Å². The van der Waals surface area contributed by atoms with Crippen molar-refractivity contribution in [1.29, 1.82) is 0 Å². The van der Waals surface area contributed by atoms with Gasteiger partial charge in [-0.25, -0.2) is 0 Å². The van der Waals surface area contributed by atoms with Crippen molar-refractivity contribution in [2.45, 2.75) is 0 Å². The van der Waals surface area contributed by atoms with Gasteiger partial charge < -0.3 is 9.32 Å². The van der Waals surface area contributed by atoms with Crippen LogP contribution in [0.5, 0.6) is 0 Å². The number of furan rings is 1. The number of anilines is 3. The Morgan fingerprint density at radius 3 is 1.78 bits per heavy atom. The van der Waals surface area contributed by atoms with Gasteiger partial charge in [0.25, 0.3) is 0 Å². The SMILES string of the molecule is c1ccc(-c2cc(N(c3ccc(-c4ccc5ccccc5c4)cc3)c3ccc4ccc5ccccc5c4c3)cc3oc4ccccc4c23)cc1. The van der Waals surface area contributed by atoms with Crippen molar-refractivity contribution in [3.05, 3.63) is 188 Å². The van der Waals surface area contributed by atoms with Gasteiger partial charge in [0.15, 0.2) is 0 Å². The summed E-state index contributed by atoms with van der Waals surface area (Å²) in [5, 5.41) is 9.67. The summed E-state index contributed by atoms with van der Waals surface area (Å²) in [5.41, 5.74) is 9.63. The average Bonchev–Trinajstić information content (AvgIpc) is 3.57. The molecule has 2 heteroatoms. The lowest BCUT2D eigenvalue weighted by Gasteiger charge is -2.27. The van der Waals surface area contributed by atoms with Crippen LogP contribution in [0.2, 0.25) is 0 Å². The maximum Gasteiger partial charge on any atom is 0.138 e. The lowest BCUT2D eigenvalue weighted by Crippen LogP contribution is -2.10. The highest BCUT2D eigenvalue weighted by molar-refractivity contribution is 6.14. The third kappa shape index (κ3) is 4.73. The van der Waals surface area contributed by atoms with Crippen LogP contribution in [0, 0.1) is 0 Å². The van der Waals surface area contributed by atoms with Gasteiger partial charge in [-0.2, -0.15) is 0 Å². The predicted molar refractivity (Wildman–Crippen MR) is 212 cm³/mol. The van der Waals surface area contributed by atoms with Crippen molar-refractivity contribution in [2.75, 3.05) is 4.90 Å². The average molecular weight is 638 g/mol. The third-order valence-electron chi connectivity index (χ3n) is 10.0. The molecule has 0 spiro atoms. The fourth-order valence-corrected chi connectivity index (χ4v) is 7.56. The fraction of sp³-hybridized carbons (Fsp3) is 0. The molecule has 234 valence electrons. The molecule has 0 N–H and O–H groups in total. The number of benzene rings is 9. The van der Waals surface area contributed by atoms with Gasteiger partial charge in [0.05, 0.1) is 5.69 Å². The zero-order chi connectivity index (χ0) is 33.0. The van der Waals surface area contributed by atoms with E-state index < -0.39 is 0 Å². The highest BCUT2D eigenvalue weighted by Gasteiger charge is 2.20. The highest BCUT2D eigenvalue weighted by Crippen LogP contribution is 2.44. The molecule has 1 aromatic heterocycles. The summed E-state index contributed by atoms with van der Waals surface area (Å²) in [6, 6.07) is 67.6. The first-order chi connectivity index (χ1) is 24.8. The molecule has 0 fully saturated rings. The maximum absolute atomic E-state index is 6.59. The second-order valence-corrected chi connectivity index (χ2v) is 13.0. The molecule has 0 amide bonds. The lowest BCUT2D eigenvalue weighted by molar-refractivity contribution is 0.669. The summed E-state index contributed by atoms with van der Waals surface area (Å²) in [6.07, 6.45) is 0. The van der Waals surface area contributed by atoms with Gasteiger partial charge in [-0.1, -0.05) is 140 Å². The van der Waals surface area contributed by atoms with Crippen LogP contribution in [0.15, 0.2) is 192 Å². The Labute approximate surface area is 290 Å². The molecular weight excluding hydrogens is 607 g/mol. The van der Waals surface area contributed by atoms with Crippen molar-refractivity contribution in [3.63, 3.8) is 0 Å². The molecule has 0 radical (unpaired) electrons. The first-order valence-electron chi connectivity index (χ1n) is 17.1. The van der Waals surface area contributed by atoms with Crippen molar-refractivity contribution >= 4 is 71.3 Å². The van der Waals surface area contributed by atoms with E-state index >= 15 is 0 Å². The molecule has 2 nitrogen and oxygen atoms in total. The van der Waals surface area contributed by atoms with Crippen molar-refractivity contribution < 1.29 is 4.42 Å². The van der Waals surface area contributed by atoms with Gasteiger partial charge in [0, 0.05) is 28.2 Å². The topological polar surface area (TPSA) is 16.4 Å². The van der Waals surface area contributed by atoms with Crippen LogP contribution < -0.4 is 4.90 Å². The van der Waals surface area contributed by atoms with E-state index in [1.54, 1.807) is 0 Å². The summed E-state index contributed by atoms with van der Waals surface area (Å²) in [7, 11) is 0. The summed E-state index contributed by atoms with van der Waals surface area (Å²) < 4.78 is 6.59. The van der Waals surface area contributed by atoms with E-state index in [2.05, 4.69) is 187 Å². The number of hydrogen-bond donors (Lipinski definition) is 0. The number of para-hydroxylation sites is 1. The van der Waals surface area contributed by atoms with E-state index in [9.17, 15) is 0 Å². The molecule has 10 aromatic rings. The molecule has 1 heterocycles. The quantitative estimate of drug-likeness (QED) is 0.175. The number of fused-ring (bicyclic) bond motifs is 7. The molecule has 10 rings (SSSR count). The Morgan fingerprint density at radius 2 is 0.940 bits per heavy atom. The van der Waals surface area contributed by atoms with E-state index in [1.165, 1.54) is 43.4 Å². The van der Waals surface area contributed by atoms with Crippen LogP contribution in [0.3, 0.4) is 0 Å². The second-order valence-electron chi connectivity index (χ2n) is 13.0. The van der Waals surface area contributed by atoms with Gasteiger partial charge in [-0.15, -0.1) is 0 Å². The summed E-state index contributed by atoms with van der Waals surface area (Å²) >= 11 is 0. The predicted octanol–water partition coefficient (Wildman–Crippen LogP) is 13.8. The Hall–Kier alpha value is -6.64. The monoisotopic (exact) mass is 637 g/mol. The van der Waals surface area contributed by atoms with Gasteiger partial charge >= 0.3 is 0 Å².